The third kappa shape index (κ3) is 4.57. The number of amides is 1. The van der Waals surface area contributed by atoms with E-state index in [0.717, 1.165) is 18.6 Å². The van der Waals surface area contributed by atoms with Gasteiger partial charge in [-0.05, 0) is 36.8 Å². The maximum absolute atomic E-state index is 11.8. The van der Waals surface area contributed by atoms with E-state index in [-0.39, 0.29) is 11.2 Å². The van der Waals surface area contributed by atoms with Crippen LogP contribution in [0, 0.1) is 0 Å². The van der Waals surface area contributed by atoms with Gasteiger partial charge in [0.25, 0.3) is 0 Å². The van der Waals surface area contributed by atoms with Crippen LogP contribution in [0.4, 0.5) is 0 Å². The molecule has 2 nitrogen and oxygen atoms in total. The molecule has 1 aromatic rings. The minimum Gasteiger partial charge on any atom is -0.352 e. The van der Waals surface area contributed by atoms with E-state index in [0.29, 0.717) is 12.0 Å². The zero-order chi connectivity index (χ0) is 13.8. The van der Waals surface area contributed by atoms with Crippen molar-refractivity contribution in [2.45, 2.75) is 56.6 Å². The van der Waals surface area contributed by atoms with E-state index in [1.54, 1.807) is 11.8 Å². The lowest BCUT2D eigenvalue weighted by Gasteiger charge is -2.12. The quantitative estimate of drug-likeness (QED) is 0.859. The zero-order valence-corrected chi connectivity index (χ0v) is 12.8. The van der Waals surface area contributed by atoms with Crippen LogP contribution < -0.4 is 5.32 Å². The van der Waals surface area contributed by atoms with Crippen molar-refractivity contribution >= 4 is 17.7 Å². The molecule has 1 amide bonds. The standard InChI is InChI=1S/C16H23NOS/c1-11(2)14-6-4-13(5-7-14)10-19-12(3)16(18)17-15-8-9-15/h4-7,11-12,15H,8-10H2,1-3H3,(H,17,18)/t12-/m0/s1. The fraction of sp³-hybridized carbons (Fsp3) is 0.562. The SMILES string of the molecule is CC(C)c1ccc(CS[C@@H](C)C(=O)NC2CC2)cc1. The predicted octanol–water partition coefficient (Wildman–Crippen LogP) is 3.71. The number of hydrogen-bond donors (Lipinski definition) is 1. The summed E-state index contributed by atoms with van der Waals surface area (Å²) < 4.78 is 0. The molecule has 1 aliphatic rings. The van der Waals surface area contributed by atoms with Gasteiger partial charge in [-0.15, -0.1) is 11.8 Å². The van der Waals surface area contributed by atoms with Crippen LogP contribution in [0.25, 0.3) is 0 Å². The molecular formula is C16H23NOS. The van der Waals surface area contributed by atoms with Gasteiger partial charge in [0, 0.05) is 11.8 Å². The number of rotatable bonds is 6. The topological polar surface area (TPSA) is 29.1 Å². The molecule has 0 heterocycles. The Kier molecular flexibility index (Phi) is 4.92. The Morgan fingerprint density at radius 2 is 1.89 bits per heavy atom. The van der Waals surface area contributed by atoms with E-state index >= 15 is 0 Å². The molecule has 1 saturated carbocycles. The summed E-state index contributed by atoms with van der Waals surface area (Å²) in [7, 11) is 0. The van der Waals surface area contributed by atoms with E-state index in [1.165, 1.54) is 11.1 Å². The first-order valence-corrected chi connectivity index (χ1v) is 8.12. The lowest BCUT2D eigenvalue weighted by atomic mass is 10.0. The van der Waals surface area contributed by atoms with Crippen molar-refractivity contribution < 1.29 is 4.79 Å². The second-order valence-electron chi connectivity index (χ2n) is 5.63. The van der Waals surface area contributed by atoms with Crippen molar-refractivity contribution in [3.63, 3.8) is 0 Å². The minimum atomic E-state index is 0.0328. The lowest BCUT2D eigenvalue weighted by Crippen LogP contribution is -2.32. The van der Waals surface area contributed by atoms with Crippen LogP contribution in [-0.2, 0) is 10.5 Å². The summed E-state index contributed by atoms with van der Waals surface area (Å²) in [5, 5.41) is 3.09. The van der Waals surface area contributed by atoms with Crippen molar-refractivity contribution in [2.75, 3.05) is 0 Å². The van der Waals surface area contributed by atoms with Crippen molar-refractivity contribution in [3.05, 3.63) is 35.4 Å². The first-order chi connectivity index (χ1) is 9.06. The summed E-state index contributed by atoms with van der Waals surface area (Å²) in [5.74, 6) is 1.66. The monoisotopic (exact) mass is 277 g/mol. The number of benzene rings is 1. The van der Waals surface area contributed by atoms with E-state index in [1.807, 2.05) is 6.92 Å². The Balaban J connectivity index is 1.78. The number of carbonyl (C=O) groups is 1. The molecule has 0 radical (unpaired) electrons. The number of hydrogen-bond acceptors (Lipinski definition) is 2. The zero-order valence-electron chi connectivity index (χ0n) is 12.0. The Morgan fingerprint density at radius 3 is 2.42 bits per heavy atom. The highest BCUT2D eigenvalue weighted by Gasteiger charge is 2.25. The second-order valence-corrected chi connectivity index (χ2v) is 6.96. The van der Waals surface area contributed by atoms with Gasteiger partial charge in [-0.3, -0.25) is 4.79 Å². The Bertz CT molecular complexity index is 423. The van der Waals surface area contributed by atoms with Crippen molar-refractivity contribution in [1.82, 2.24) is 5.32 Å². The van der Waals surface area contributed by atoms with Crippen LogP contribution in [0.5, 0.6) is 0 Å². The van der Waals surface area contributed by atoms with E-state index < -0.39 is 0 Å². The van der Waals surface area contributed by atoms with Gasteiger partial charge in [0.05, 0.1) is 5.25 Å². The van der Waals surface area contributed by atoms with Crippen LogP contribution >= 0.6 is 11.8 Å². The first-order valence-electron chi connectivity index (χ1n) is 7.07. The van der Waals surface area contributed by atoms with Crippen molar-refractivity contribution in [1.29, 1.82) is 0 Å². The van der Waals surface area contributed by atoms with Crippen LogP contribution in [0.15, 0.2) is 24.3 Å². The molecule has 19 heavy (non-hydrogen) atoms. The van der Waals surface area contributed by atoms with Gasteiger partial charge in [0.1, 0.15) is 0 Å². The van der Waals surface area contributed by atoms with Gasteiger partial charge in [-0.1, -0.05) is 38.1 Å². The predicted molar refractivity (Wildman–Crippen MR) is 82.5 cm³/mol. The molecule has 0 bridgehead atoms. The third-order valence-corrected chi connectivity index (χ3v) is 4.65. The summed E-state index contributed by atoms with van der Waals surface area (Å²) in [5.41, 5.74) is 2.66. The molecule has 0 saturated heterocycles. The fourth-order valence-corrected chi connectivity index (χ4v) is 2.70. The molecular weight excluding hydrogens is 254 g/mol. The maximum Gasteiger partial charge on any atom is 0.233 e. The summed E-state index contributed by atoms with van der Waals surface area (Å²) in [6.45, 7) is 6.40. The molecule has 0 spiro atoms. The normalized spacial score (nSPS) is 16.4. The minimum absolute atomic E-state index is 0.0328. The number of carbonyl (C=O) groups excluding carboxylic acids is 1. The van der Waals surface area contributed by atoms with Gasteiger partial charge in [0.15, 0.2) is 0 Å². The lowest BCUT2D eigenvalue weighted by molar-refractivity contribution is -0.120. The highest BCUT2D eigenvalue weighted by molar-refractivity contribution is 7.99. The summed E-state index contributed by atoms with van der Waals surface area (Å²) in [4.78, 5) is 11.8. The summed E-state index contributed by atoms with van der Waals surface area (Å²) in [6, 6.07) is 9.19. The summed E-state index contributed by atoms with van der Waals surface area (Å²) in [6.07, 6.45) is 2.31. The fourth-order valence-electron chi connectivity index (χ4n) is 1.84. The second kappa shape index (κ2) is 6.47. The van der Waals surface area contributed by atoms with E-state index in [4.69, 9.17) is 0 Å². The van der Waals surface area contributed by atoms with Gasteiger partial charge in [-0.25, -0.2) is 0 Å². The molecule has 0 aliphatic heterocycles. The molecule has 0 aromatic heterocycles. The molecule has 1 atom stereocenters. The van der Waals surface area contributed by atoms with Gasteiger partial charge >= 0.3 is 0 Å². The molecule has 1 aromatic carbocycles. The highest BCUT2D eigenvalue weighted by Crippen LogP contribution is 2.23. The molecule has 104 valence electrons. The number of nitrogens with one attached hydrogen (secondary N) is 1. The highest BCUT2D eigenvalue weighted by atomic mass is 32.2. The van der Waals surface area contributed by atoms with Crippen molar-refractivity contribution in [3.8, 4) is 0 Å². The Labute approximate surface area is 120 Å². The third-order valence-electron chi connectivity index (χ3n) is 3.44. The molecule has 1 N–H and O–H groups in total. The smallest absolute Gasteiger partial charge is 0.233 e. The van der Waals surface area contributed by atoms with Crippen LogP contribution in [-0.4, -0.2) is 17.2 Å². The number of thioether (sulfide) groups is 1. The molecule has 2 rings (SSSR count). The van der Waals surface area contributed by atoms with E-state index in [2.05, 4.69) is 43.4 Å². The van der Waals surface area contributed by atoms with Gasteiger partial charge in [0.2, 0.25) is 5.91 Å². The van der Waals surface area contributed by atoms with E-state index in [9.17, 15) is 4.79 Å². The van der Waals surface area contributed by atoms with Crippen molar-refractivity contribution in [2.24, 2.45) is 0 Å². The Morgan fingerprint density at radius 1 is 1.26 bits per heavy atom. The molecule has 1 fully saturated rings. The summed E-state index contributed by atoms with van der Waals surface area (Å²) >= 11 is 1.71. The Hall–Kier alpha value is -0.960. The largest absolute Gasteiger partial charge is 0.352 e. The average molecular weight is 277 g/mol. The van der Waals surface area contributed by atoms with Crippen LogP contribution in [0.3, 0.4) is 0 Å². The van der Waals surface area contributed by atoms with Crippen LogP contribution in [0.1, 0.15) is 50.7 Å². The molecule has 3 heteroatoms. The molecule has 0 unspecified atom stereocenters. The maximum atomic E-state index is 11.8. The van der Waals surface area contributed by atoms with Crippen LogP contribution in [0.2, 0.25) is 0 Å². The first kappa shape index (κ1) is 14.4. The average Bonchev–Trinajstić information content (AvgIpc) is 3.20. The molecule has 1 aliphatic carbocycles. The van der Waals surface area contributed by atoms with Gasteiger partial charge < -0.3 is 5.32 Å². The van der Waals surface area contributed by atoms with Gasteiger partial charge in [-0.2, -0.15) is 0 Å².